The first-order chi connectivity index (χ1) is 7.86. The van der Waals surface area contributed by atoms with Crippen LogP contribution in [0, 0.1) is 18.2 Å². The lowest BCUT2D eigenvalue weighted by atomic mass is 9.88. The number of hydrogen-bond donors (Lipinski definition) is 2. The Bertz CT molecular complexity index is 416. The standard InChI is InChI=1S/C13H19FN2O/c1-9-8-10(4-5-11(9)14)16-12(17)13(2,3)6-7-15/h4-5,8H,6-7,15H2,1-3H3,(H,16,17). The predicted molar refractivity (Wildman–Crippen MR) is 67.2 cm³/mol. The van der Waals surface area contributed by atoms with Gasteiger partial charge in [-0.3, -0.25) is 4.79 Å². The van der Waals surface area contributed by atoms with Crippen molar-refractivity contribution in [3.05, 3.63) is 29.6 Å². The van der Waals surface area contributed by atoms with E-state index in [2.05, 4.69) is 5.32 Å². The van der Waals surface area contributed by atoms with E-state index in [0.29, 0.717) is 24.2 Å². The molecule has 3 nitrogen and oxygen atoms in total. The Morgan fingerprint density at radius 2 is 2.12 bits per heavy atom. The van der Waals surface area contributed by atoms with Crippen LogP contribution in [0.5, 0.6) is 0 Å². The molecule has 0 bridgehead atoms. The topological polar surface area (TPSA) is 55.1 Å². The molecule has 0 aromatic heterocycles. The molecule has 0 atom stereocenters. The molecule has 0 heterocycles. The minimum atomic E-state index is -0.517. The molecule has 1 amide bonds. The molecule has 94 valence electrons. The summed E-state index contributed by atoms with van der Waals surface area (Å²) in [5.74, 6) is -0.377. The van der Waals surface area contributed by atoms with Gasteiger partial charge < -0.3 is 11.1 Å². The number of carbonyl (C=O) groups is 1. The Kier molecular flexibility index (Phi) is 4.23. The number of anilines is 1. The molecular formula is C13H19FN2O. The SMILES string of the molecule is Cc1cc(NC(=O)C(C)(C)CCN)ccc1F. The zero-order chi connectivity index (χ0) is 13.1. The quantitative estimate of drug-likeness (QED) is 0.846. The molecule has 0 aliphatic carbocycles. The van der Waals surface area contributed by atoms with Gasteiger partial charge in [-0.05, 0) is 43.7 Å². The third kappa shape index (κ3) is 3.53. The van der Waals surface area contributed by atoms with E-state index in [1.165, 1.54) is 6.07 Å². The fraction of sp³-hybridized carbons (Fsp3) is 0.462. The maximum Gasteiger partial charge on any atom is 0.230 e. The fourth-order valence-electron chi connectivity index (χ4n) is 1.50. The average molecular weight is 238 g/mol. The number of hydrogen-bond acceptors (Lipinski definition) is 2. The Labute approximate surface area is 101 Å². The van der Waals surface area contributed by atoms with Gasteiger partial charge >= 0.3 is 0 Å². The highest BCUT2D eigenvalue weighted by Crippen LogP contribution is 2.22. The van der Waals surface area contributed by atoms with Crippen LogP contribution >= 0.6 is 0 Å². The molecule has 0 saturated carbocycles. The highest BCUT2D eigenvalue weighted by molar-refractivity contribution is 5.94. The molecule has 0 saturated heterocycles. The molecule has 0 unspecified atom stereocenters. The molecule has 17 heavy (non-hydrogen) atoms. The third-order valence-corrected chi connectivity index (χ3v) is 2.80. The van der Waals surface area contributed by atoms with Crippen molar-refractivity contribution >= 4 is 11.6 Å². The van der Waals surface area contributed by atoms with Gasteiger partial charge in [0, 0.05) is 11.1 Å². The number of carbonyl (C=O) groups excluding carboxylic acids is 1. The highest BCUT2D eigenvalue weighted by Gasteiger charge is 2.26. The smallest absolute Gasteiger partial charge is 0.230 e. The lowest BCUT2D eigenvalue weighted by molar-refractivity contribution is -0.124. The summed E-state index contributed by atoms with van der Waals surface area (Å²) >= 11 is 0. The molecule has 0 radical (unpaired) electrons. The summed E-state index contributed by atoms with van der Waals surface area (Å²) in [4.78, 5) is 12.0. The van der Waals surface area contributed by atoms with E-state index < -0.39 is 5.41 Å². The van der Waals surface area contributed by atoms with Gasteiger partial charge in [0.05, 0.1) is 0 Å². The largest absolute Gasteiger partial charge is 0.330 e. The first-order valence-electron chi connectivity index (χ1n) is 5.64. The van der Waals surface area contributed by atoms with Crippen LogP contribution in [-0.4, -0.2) is 12.5 Å². The number of nitrogens with two attached hydrogens (primary N) is 1. The van der Waals surface area contributed by atoms with E-state index in [0.717, 1.165) is 0 Å². The van der Waals surface area contributed by atoms with E-state index in [1.54, 1.807) is 19.1 Å². The summed E-state index contributed by atoms with van der Waals surface area (Å²) in [7, 11) is 0. The van der Waals surface area contributed by atoms with Gasteiger partial charge in [-0.2, -0.15) is 0 Å². The lowest BCUT2D eigenvalue weighted by Crippen LogP contribution is -2.32. The summed E-state index contributed by atoms with van der Waals surface area (Å²) in [6.07, 6.45) is 0.610. The van der Waals surface area contributed by atoms with Gasteiger partial charge in [0.1, 0.15) is 5.82 Å². The van der Waals surface area contributed by atoms with E-state index in [4.69, 9.17) is 5.73 Å². The van der Waals surface area contributed by atoms with Gasteiger partial charge in [0.25, 0.3) is 0 Å². The minimum Gasteiger partial charge on any atom is -0.330 e. The predicted octanol–water partition coefficient (Wildman–Crippen LogP) is 2.45. The molecule has 0 aliphatic heterocycles. The molecule has 1 rings (SSSR count). The van der Waals surface area contributed by atoms with Crippen molar-refractivity contribution in [2.75, 3.05) is 11.9 Å². The van der Waals surface area contributed by atoms with Crippen molar-refractivity contribution in [2.24, 2.45) is 11.1 Å². The van der Waals surface area contributed by atoms with Crippen molar-refractivity contribution < 1.29 is 9.18 Å². The Hall–Kier alpha value is -1.42. The normalized spacial score (nSPS) is 11.4. The van der Waals surface area contributed by atoms with Crippen LogP contribution in [0.1, 0.15) is 25.8 Å². The summed E-state index contributed by atoms with van der Waals surface area (Å²) in [5, 5.41) is 2.77. The zero-order valence-corrected chi connectivity index (χ0v) is 10.5. The Morgan fingerprint density at radius 3 is 2.65 bits per heavy atom. The molecule has 3 N–H and O–H groups in total. The summed E-state index contributed by atoms with van der Waals surface area (Å²) in [5.41, 5.74) is 6.07. The van der Waals surface area contributed by atoms with E-state index >= 15 is 0 Å². The van der Waals surface area contributed by atoms with E-state index in [9.17, 15) is 9.18 Å². The Balaban J connectivity index is 2.77. The van der Waals surface area contributed by atoms with Crippen LogP contribution in [0.2, 0.25) is 0 Å². The zero-order valence-electron chi connectivity index (χ0n) is 10.5. The minimum absolute atomic E-state index is 0.103. The molecule has 0 fully saturated rings. The molecule has 0 spiro atoms. The van der Waals surface area contributed by atoms with Gasteiger partial charge in [-0.1, -0.05) is 13.8 Å². The van der Waals surface area contributed by atoms with E-state index in [-0.39, 0.29) is 11.7 Å². The average Bonchev–Trinajstić information content (AvgIpc) is 2.23. The van der Waals surface area contributed by atoms with Gasteiger partial charge in [0.15, 0.2) is 0 Å². The van der Waals surface area contributed by atoms with Crippen LogP contribution in [-0.2, 0) is 4.79 Å². The maximum absolute atomic E-state index is 13.1. The van der Waals surface area contributed by atoms with Gasteiger partial charge in [-0.25, -0.2) is 4.39 Å². The first kappa shape index (κ1) is 13.6. The second-order valence-corrected chi connectivity index (χ2v) is 4.84. The lowest BCUT2D eigenvalue weighted by Gasteiger charge is -2.22. The van der Waals surface area contributed by atoms with Crippen molar-refractivity contribution in [3.63, 3.8) is 0 Å². The molecule has 4 heteroatoms. The number of nitrogens with one attached hydrogen (secondary N) is 1. The first-order valence-corrected chi connectivity index (χ1v) is 5.64. The van der Waals surface area contributed by atoms with Crippen LogP contribution < -0.4 is 11.1 Å². The van der Waals surface area contributed by atoms with Crippen molar-refractivity contribution in [1.82, 2.24) is 0 Å². The van der Waals surface area contributed by atoms with E-state index in [1.807, 2.05) is 13.8 Å². The number of benzene rings is 1. The van der Waals surface area contributed by atoms with Crippen LogP contribution in [0.3, 0.4) is 0 Å². The second-order valence-electron chi connectivity index (χ2n) is 4.84. The Morgan fingerprint density at radius 1 is 1.47 bits per heavy atom. The van der Waals surface area contributed by atoms with Crippen LogP contribution in [0.15, 0.2) is 18.2 Å². The number of rotatable bonds is 4. The number of amides is 1. The van der Waals surface area contributed by atoms with Crippen molar-refractivity contribution in [1.29, 1.82) is 0 Å². The van der Waals surface area contributed by atoms with Gasteiger partial charge in [0.2, 0.25) is 5.91 Å². The highest BCUT2D eigenvalue weighted by atomic mass is 19.1. The van der Waals surface area contributed by atoms with Crippen LogP contribution in [0.4, 0.5) is 10.1 Å². The fourth-order valence-corrected chi connectivity index (χ4v) is 1.50. The van der Waals surface area contributed by atoms with Crippen LogP contribution in [0.25, 0.3) is 0 Å². The monoisotopic (exact) mass is 238 g/mol. The summed E-state index contributed by atoms with van der Waals surface area (Å²) in [6.45, 7) is 5.80. The number of halogens is 1. The maximum atomic E-state index is 13.1. The molecule has 1 aromatic carbocycles. The van der Waals surface area contributed by atoms with Crippen molar-refractivity contribution in [2.45, 2.75) is 27.2 Å². The molecular weight excluding hydrogens is 219 g/mol. The number of aryl methyl sites for hydroxylation is 1. The second kappa shape index (κ2) is 5.27. The van der Waals surface area contributed by atoms with Crippen molar-refractivity contribution in [3.8, 4) is 0 Å². The molecule has 0 aliphatic rings. The van der Waals surface area contributed by atoms with Gasteiger partial charge in [-0.15, -0.1) is 0 Å². The third-order valence-electron chi connectivity index (χ3n) is 2.80. The summed E-state index contributed by atoms with van der Waals surface area (Å²) < 4.78 is 13.1. The molecule has 1 aromatic rings. The summed E-state index contributed by atoms with van der Waals surface area (Å²) in [6, 6.07) is 4.52.